The molecule has 4 rings (SSSR count). The Morgan fingerprint density at radius 3 is 1.79 bits per heavy atom. The molecule has 3 aromatic rings. The van der Waals surface area contributed by atoms with Crippen molar-refractivity contribution in [1.82, 2.24) is 0 Å². The molecule has 6 nitrogen and oxygen atoms in total. The van der Waals surface area contributed by atoms with Crippen LogP contribution < -0.4 is 0 Å². The Morgan fingerprint density at radius 2 is 1.33 bits per heavy atom. The summed E-state index contributed by atoms with van der Waals surface area (Å²) in [5, 5.41) is 32.4. The summed E-state index contributed by atoms with van der Waals surface area (Å²) >= 11 is 6.85. The molecule has 3 N–H and O–H groups in total. The number of aromatic hydroxyl groups is 2. The zero-order valence-electron chi connectivity index (χ0n) is 18.2. The normalized spacial score (nSPS) is 14.2. The van der Waals surface area contributed by atoms with E-state index in [0.29, 0.717) is 20.1 Å². The Balaban J connectivity index is 2.32. The van der Waals surface area contributed by atoms with Gasteiger partial charge < -0.3 is 20.1 Å². The molecule has 0 saturated carbocycles. The molecule has 0 spiro atoms. The lowest BCUT2D eigenvalue weighted by Crippen LogP contribution is -2.34. The highest BCUT2D eigenvalue weighted by Crippen LogP contribution is 2.56. The number of phenolic OH excluding ortho intramolecular Hbond substituents is 2. The highest BCUT2D eigenvalue weighted by atomic mass is 79.9. The van der Waals surface area contributed by atoms with E-state index in [-0.39, 0.29) is 39.3 Å². The summed E-state index contributed by atoms with van der Waals surface area (Å²) in [5.41, 5.74) is 1.20. The molecule has 0 radical (unpaired) electrons. The topological polar surface area (TPSA) is 104 Å². The molecule has 0 unspecified atom stereocenters. The van der Waals surface area contributed by atoms with Gasteiger partial charge in [0.2, 0.25) is 0 Å². The van der Waals surface area contributed by atoms with Crippen molar-refractivity contribution in [2.24, 2.45) is 0 Å². The third-order valence-electron chi connectivity index (χ3n) is 6.45. The quantitative estimate of drug-likeness (QED) is 0.330. The summed E-state index contributed by atoms with van der Waals surface area (Å²) in [6, 6.07) is 7.30. The molecule has 33 heavy (non-hydrogen) atoms. The number of fused-ring (bicyclic) bond motifs is 1. The van der Waals surface area contributed by atoms with Crippen LogP contribution in [-0.2, 0) is 10.3 Å². The van der Waals surface area contributed by atoms with Crippen LogP contribution in [0.2, 0.25) is 0 Å². The number of halogens is 2. The van der Waals surface area contributed by atoms with Gasteiger partial charge in [-0.2, -0.15) is 0 Å². The van der Waals surface area contributed by atoms with E-state index in [2.05, 4.69) is 31.9 Å². The van der Waals surface area contributed by atoms with Gasteiger partial charge in [-0.15, -0.1) is 0 Å². The van der Waals surface area contributed by atoms with Crippen molar-refractivity contribution in [3.05, 3.63) is 89.3 Å². The fraction of sp³-hybridized carbons (Fsp3) is 0.200. The van der Waals surface area contributed by atoms with E-state index >= 15 is 0 Å². The Morgan fingerprint density at radius 1 is 0.848 bits per heavy atom. The van der Waals surface area contributed by atoms with Gasteiger partial charge in [0, 0.05) is 14.5 Å². The summed E-state index contributed by atoms with van der Waals surface area (Å²) in [4.78, 5) is 25.4. The molecule has 8 heteroatoms. The van der Waals surface area contributed by atoms with Crippen molar-refractivity contribution in [2.75, 3.05) is 0 Å². The van der Waals surface area contributed by atoms with Crippen LogP contribution in [0.1, 0.15) is 59.7 Å². The fourth-order valence-corrected chi connectivity index (χ4v) is 5.64. The van der Waals surface area contributed by atoms with Crippen LogP contribution in [0.25, 0.3) is 0 Å². The molecule has 0 saturated heterocycles. The average Bonchev–Trinajstić information content (AvgIpc) is 3.03. The van der Waals surface area contributed by atoms with Crippen molar-refractivity contribution >= 4 is 43.8 Å². The number of aromatic carboxylic acids is 1. The monoisotopic (exact) mass is 574 g/mol. The number of rotatable bonds is 3. The molecule has 0 aromatic heterocycles. The second-order valence-corrected chi connectivity index (χ2v) is 9.82. The molecule has 1 aliphatic heterocycles. The van der Waals surface area contributed by atoms with Gasteiger partial charge in [-0.1, -0.05) is 37.9 Å². The van der Waals surface area contributed by atoms with Crippen LogP contribution in [-0.4, -0.2) is 27.3 Å². The zero-order chi connectivity index (χ0) is 24.4. The third-order valence-corrected chi connectivity index (χ3v) is 8.09. The Hall–Kier alpha value is -2.84. The van der Waals surface area contributed by atoms with Gasteiger partial charge in [-0.25, -0.2) is 9.59 Å². The van der Waals surface area contributed by atoms with E-state index in [1.165, 1.54) is 30.3 Å². The predicted molar refractivity (Wildman–Crippen MR) is 129 cm³/mol. The minimum absolute atomic E-state index is 0.0636. The molecule has 3 aromatic carbocycles. The second kappa shape index (κ2) is 7.88. The van der Waals surface area contributed by atoms with Gasteiger partial charge >= 0.3 is 11.9 Å². The maximum atomic E-state index is 13.2. The summed E-state index contributed by atoms with van der Waals surface area (Å²) in [7, 11) is 0. The number of phenols is 2. The highest BCUT2D eigenvalue weighted by molar-refractivity contribution is 9.10. The highest BCUT2D eigenvalue weighted by Gasteiger charge is 2.55. The van der Waals surface area contributed by atoms with Crippen LogP contribution in [0, 0.1) is 27.7 Å². The molecule has 0 aliphatic carbocycles. The minimum Gasteiger partial charge on any atom is -0.507 e. The molecular weight excluding hydrogens is 556 g/mol. The fourth-order valence-electron chi connectivity index (χ4n) is 4.61. The van der Waals surface area contributed by atoms with Crippen LogP contribution in [0.5, 0.6) is 11.5 Å². The summed E-state index contributed by atoms with van der Waals surface area (Å²) in [6.07, 6.45) is 0. The lowest BCUT2D eigenvalue weighted by Gasteiger charge is -2.35. The number of cyclic esters (lactones) is 1. The van der Waals surface area contributed by atoms with E-state index in [9.17, 15) is 24.9 Å². The number of carboxylic acids is 1. The van der Waals surface area contributed by atoms with E-state index in [1.807, 2.05) is 13.8 Å². The smallest absolute Gasteiger partial charge is 0.340 e. The van der Waals surface area contributed by atoms with E-state index < -0.39 is 17.5 Å². The van der Waals surface area contributed by atoms with Crippen molar-refractivity contribution in [1.29, 1.82) is 0 Å². The number of ether oxygens (including phenoxy) is 1. The van der Waals surface area contributed by atoms with Gasteiger partial charge in [0.1, 0.15) is 11.5 Å². The van der Waals surface area contributed by atoms with E-state index in [1.54, 1.807) is 13.8 Å². The molecule has 0 fully saturated rings. The summed E-state index contributed by atoms with van der Waals surface area (Å²) in [6.45, 7) is 7.17. The number of carbonyl (C=O) groups excluding carboxylic acids is 1. The van der Waals surface area contributed by atoms with Crippen molar-refractivity contribution < 1.29 is 29.6 Å². The number of hydrogen-bond acceptors (Lipinski definition) is 5. The molecular formula is C25H20Br2O6. The molecule has 1 heterocycles. The van der Waals surface area contributed by atoms with E-state index in [0.717, 1.165) is 11.1 Å². The average molecular weight is 576 g/mol. The van der Waals surface area contributed by atoms with Crippen LogP contribution in [0.4, 0.5) is 0 Å². The largest absolute Gasteiger partial charge is 0.507 e. The van der Waals surface area contributed by atoms with Crippen molar-refractivity contribution in [3.8, 4) is 11.5 Å². The third kappa shape index (κ3) is 3.19. The zero-order valence-corrected chi connectivity index (χ0v) is 21.4. The standard InChI is InChI=1S/C25H20Br2O6/c1-10-12(3)20(18(28)8-16(10)26)25(21-13(4)11(2)17(27)9-19(21)29)22-14(23(30)31)6-5-7-15(22)24(32)33-25/h5-9,28-29H,1-4H3,(H,30,31). The van der Waals surface area contributed by atoms with Gasteiger partial charge in [0.05, 0.1) is 22.3 Å². The molecule has 1 aliphatic rings. The van der Waals surface area contributed by atoms with E-state index in [4.69, 9.17) is 4.74 Å². The van der Waals surface area contributed by atoms with Gasteiger partial charge in [-0.3, -0.25) is 0 Å². The van der Waals surface area contributed by atoms with Crippen LogP contribution in [0.3, 0.4) is 0 Å². The molecule has 170 valence electrons. The second-order valence-electron chi connectivity index (χ2n) is 8.11. The lowest BCUT2D eigenvalue weighted by molar-refractivity contribution is 0.0230. The molecule has 0 atom stereocenters. The van der Waals surface area contributed by atoms with Gasteiger partial charge in [-0.05, 0) is 74.2 Å². The Bertz CT molecular complexity index is 1310. The minimum atomic E-state index is -1.89. The maximum Gasteiger partial charge on any atom is 0.340 e. The van der Waals surface area contributed by atoms with Crippen molar-refractivity contribution in [3.63, 3.8) is 0 Å². The number of carbonyl (C=O) groups is 2. The SMILES string of the molecule is Cc1c(Br)cc(O)c(C2(c3c(O)cc(Br)c(C)c3C)OC(=O)c3cccc(C(=O)O)c32)c1C. The maximum absolute atomic E-state index is 13.2. The number of carboxylic acid groups (broad SMARTS) is 1. The number of esters is 1. The predicted octanol–water partition coefficient (Wildman–Crippen LogP) is 6.02. The van der Waals surface area contributed by atoms with Crippen molar-refractivity contribution in [2.45, 2.75) is 33.3 Å². The summed E-state index contributed by atoms with van der Waals surface area (Å²) in [5.74, 6) is -2.41. The Kier molecular flexibility index (Phi) is 5.57. The molecule has 0 amide bonds. The Labute approximate surface area is 207 Å². The van der Waals surface area contributed by atoms with Crippen LogP contribution in [0.15, 0.2) is 39.3 Å². The first kappa shape index (κ1) is 23.3. The first-order chi connectivity index (χ1) is 15.4. The van der Waals surface area contributed by atoms with Gasteiger partial charge in [0.25, 0.3) is 0 Å². The van der Waals surface area contributed by atoms with Gasteiger partial charge in [0.15, 0.2) is 5.60 Å². The lowest BCUT2D eigenvalue weighted by atomic mass is 9.73. The summed E-state index contributed by atoms with van der Waals surface area (Å²) < 4.78 is 7.32. The first-order valence-corrected chi connectivity index (χ1v) is 11.6. The number of hydrogen-bond donors (Lipinski definition) is 3. The first-order valence-electron chi connectivity index (χ1n) is 10.0. The molecule has 0 bridgehead atoms. The number of benzene rings is 3. The van der Waals surface area contributed by atoms with Crippen LogP contribution >= 0.6 is 31.9 Å².